The van der Waals surface area contributed by atoms with Gasteiger partial charge >= 0.3 is 0 Å². The zero-order valence-electron chi connectivity index (χ0n) is 11.9. The predicted molar refractivity (Wildman–Crippen MR) is 82.9 cm³/mol. The van der Waals surface area contributed by atoms with Gasteiger partial charge in [-0.05, 0) is 36.9 Å². The van der Waals surface area contributed by atoms with Crippen molar-refractivity contribution < 1.29 is 4.79 Å². The fourth-order valence-corrected chi connectivity index (χ4v) is 4.80. The molecule has 0 saturated heterocycles. The van der Waals surface area contributed by atoms with Gasteiger partial charge in [0.05, 0.1) is 5.92 Å². The molecule has 1 saturated carbocycles. The molecular formula is C16H22N2OS. The molecular weight excluding hydrogens is 268 g/mol. The second-order valence-corrected chi connectivity index (χ2v) is 6.91. The Bertz CT molecular complexity index is 505. The first-order valence-corrected chi connectivity index (χ1v) is 8.39. The minimum atomic E-state index is 0.0280. The van der Waals surface area contributed by atoms with E-state index in [0.29, 0.717) is 18.5 Å². The van der Waals surface area contributed by atoms with Crippen LogP contribution in [-0.2, 0) is 4.79 Å². The molecule has 1 amide bonds. The van der Waals surface area contributed by atoms with Crippen LogP contribution in [0.4, 0.5) is 0 Å². The van der Waals surface area contributed by atoms with Gasteiger partial charge in [-0.3, -0.25) is 4.79 Å². The molecule has 2 N–H and O–H groups in total. The molecule has 1 aliphatic carbocycles. The summed E-state index contributed by atoms with van der Waals surface area (Å²) < 4.78 is 0. The minimum Gasteiger partial charge on any atom is -0.342 e. The maximum Gasteiger partial charge on any atom is 0.231 e. The lowest BCUT2D eigenvalue weighted by Crippen LogP contribution is -2.43. The molecule has 20 heavy (non-hydrogen) atoms. The van der Waals surface area contributed by atoms with Gasteiger partial charge in [0.2, 0.25) is 5.91 Å². The Hall–Kier alpha value is -1.00. The standard InChI is InChI=1S/C16H22N2OS/c1-18(14-7-4-5-11(14)9-17)16(19)13-10-20-15-8-3-2-6-12(13)15/h2-3,6,8,11,13-14H,4-5,7,9-10,17H2,1H3. The third kappa shape index (κ3) is 2.35. The highest BCUT2D eigenvalue weighted by Crippen LogP contribution is 2.41. The minimum absolute atomic E-state index is 0.0280. The van der Waals surface area contributed by atoms with E-state index < -0.39 is 0 Å². The second-order valence-electron chi connectivity index (χ2n) is 5.84. The highest BCUT2D eigenvalue weighted by atomic mass is 32.2. The first-order valence-electron chi connectivity index (χ1n) is 7.41. The van der Waals surface area contributed by atoms with Crippen LogP contribution in [0, 0.1) is 5.92 Å². The molecule has 3 atom stereocenters. The number of rotatable bonds is 3. The average Bonchev–Trinajstić information content (AvgIpc) is 3.12. The van der Waals surface area contributed by atoms with Crippen molar-refractivity contribution in [2.45, 2.75) is 36.1 Å². The van der Waals surface area contributed by atoms with E-state index in [2.05, 4.69) is 12.1 Å². The third-order valence-corrected chi connectivity index (χ3v) is 5.95. The fraction of sp³-hybridized carbons (Fsp3) is 0.562. The van der Waals surface area contributed by atoms with Crippen molar-refractivity contribution in [2.75, 3.05) is 19.3 Å². The van der Waals surface area contributed by atoms with Crippen molar-refractivity contribution in [3.8, 4) is 0 Å². The lowest BCUT2D eigenvalue weighted by Gasteiger charge is -2.31. The summed E-state index contributed by atoms with van der Waals surface area (Å²) in [4.78, 5) is 16.1. The van der Waals surface area contributed by atoms with Crippen LogP contribution in [0.2, 0.25) is 0 Å². The molecule has 0 bridgehead atoms. The average molecular weight is 290 g/mol. The number of fused-ring (bicyclic) bond motifs is 1. The number of carbonyl (C=O) groups excluding carboxylic acids is 1. The number of carbonyl (C=O) groups is 1. The number of likely N-dealkylation sites (N-methyl/N-ethyl adjacent to an activating group) is 1. The molecule has 1 fully saturated rings. The SMILES string of the molecule is CN(C(=O)C1CSc2ccccc21)C1CCCC1CN. The summed E-state index contributed by atoms with van der Waals surface area (Å²) in [5.74, 6) is 1.66. The Morgan fingerprint density at radius 2 is 2.20 bits per heavy atom. The van der Waals surface area contributed by atoms with Gasteiger partial charge in [0.15, 0.2) is 0 Å². The predicted octanol–water partition coefficient (Wildman–Crippen LogP) is 2.46. The van der Waals surface area contributed by atoms with Crippen LogP contribution in [-0.4, -0.2) is 36.2 Å². The van der Waals surface area contributed by atoms with Crippen molar-refractivity contribution in [1.29, 1.82) is 0 Å². The lowest BCUT2D eigenvalue weighted by atomic mass is 9.97. The zero-order chi connectivity index (χ0) is 14.1. The summed E-state index contributed by atoms with van der Waals surface area (Å²) in [5.41, 5.74) is 7.06. The van der Waals surface area contributed by atoms with Crippen LogP contribution in [0.3, 0.4) is 0 Å². The highest BCUT2D eigenvalue weighted by Gasteiger charge is 2.37. The number of amides is 1. The van der Waals surface area contributed by atoms with E-state index in [4.69, 9.17) is 5.73 Å². The van der Waals surface area contributed by atoms with Crippen molar-refractivity contribution in [1.82, 2.24) is 4.90 Å². The van der Waals surface area contributed by atoms with Crippen molar-refractivity contribution in [2.24, 2.45) is 11.7 Å². The van der Waals surface area contributed by atoms with Gasteiger partial charge in [-0.1, -0.05) is 24.6 Å². The number of hydrogen-bond acceptors (Lipinski definition) is 3. The summed E-state index contributed by atoms with van der Waals surface area (Å²) in [6.07, 6.45) is 3.46. The van der Waals surface area contributed by atoms with Gasteiger partial charge in [0.1, 0.15) is 0 Å². The van der Waals surface area contributed by atoms with Gasteiger partial charge in [-0.25, -0.2) is 0 Å². The largest absolute Gasteiger partial charge is 0.342 e. The van der Waals surface area contributed by atoms with Gasteiger partial charge in [-0.15, -0.1) is 11.8 Å². The van der Waals surface area contributed by atoms with E-state index in [1.54, 1.807) is 11.8 Å². The van der Waals surface area contributed by atoms with Crippen LogP contribution in [0.5, 0.6) is 0 Å². The van der Waals surface area contributed by atoms with Crippen LogP contribution in [0.1, 0.15) is 30.7 Å². The third-order valence-electron chi connectivity index (χ3n) is 4.76. The van der Waals surface area contributed by atoms with Crippen LogP contribution >= 0.6 is 11.8 Å². The number of nitrogens with two attached hydrogens (primary N) is 1. The Morgan fingerprint density at radius 3 is 3.00 bits per heavy atom. The Morgan fingerprint density at radius 1 is 1.40 bits per heavy atom. The normalized spacial score (nSPS) is 28.4. The number of nitrogens with zero attached hydrogens (tertiary/aromatic N) is 1. The molecule has 0 radical (unpaired) electrons. The maximum atomic E-state index is 12.8. The highest BCUT2D eigenvalue weighted by molar-refractivity contribution is 7.99. The van der Waals surface area contributed by atoms with Crippen LogP contribution in [0.15, 0.2) is 29.2 Å². The van der Waals surface area contributed by atoms with E-state index >= 15 is 0 Å². The molecule has 3 nitrogen and oxygen atoms in total. The van der Waals surface area contributed by atoms with Crippen molar-refractivity contribution >= 4 is 17.7 Å². The summed E-state index contributed by atoms with van der Waals surface area (Å²) in [7, 11) is 1.96. The molecule has 1 aromatic rings. The van der Waals surface area contributed by atoms with Crippen molar-refractivity contribution in [3.05, 3.63) is 29.8 Å². The van der Waals surface area contributed by atoms with Gasteiger partial charge in [0, 0.05) is 23.7 Å². The molecule has 3 unspecified atom stereocenters. The van der Waals surface area contributed by atoms with Crippen LogP contribution in [0.25, 0.3) is 0 Å². The van der Waals surface area contributed by atoms with E-state index in [0.717, 1.165) is 18.6 Å². The zero-order valence-corrected chi connectivity index (χ0v) is 12.7. The lowest BCUT2D eigenvalue weighted by molar-refractivity contribution is -0.133. The molecule has 1 heterocycles. The van der Waals surface area contributed by atoms with Gasteiger partial charge < -0.3 is 10.6 Å². The summed E-state index contributed by atoms with van der Waals surface area (Å²) in [5, 5.41) is 0. The van der Waals surface area contributed by atoms with E-state index in [1.807, 2.05) is 24.1 Å². The smallest absolute Gasteiger partial charge is 0.231 e. The molecule has 4 heteroatoms. The second kappa shape index (κ2) is 5.78. The summed E-state index contributed by atoms with van der Waals surface area (Å²) >= 11 is 1.80. The van der Waals surface area contributed by atoms with Gasteiger partial charge in [0.25, 0.3) is 0 Å². The fourth-order valence-electron chi connectivity index (χ4n) is 3.58. The Labute approximate surface area is 124 Å². The number of hydrogen-bond donors (Lipinski definition) is 1. The van der Waals surface area contributed by atoms with Gasteiger partial charge in [-0.2, -0.15) is 0 Å². The van der Waals surface area contributed by atoms with Crippen LogP contribution < -0.4 is 5.73 Å². The molecule has 1 aliphatic heterocycles. The molecule has 3 rings (SSSR count). The first-order chi connectivity index (χ1) is 9.72. The topological polar surface area (TPSA) is 46.3 Å². The molecule has 0 aromatic heterocycles. The Kier molecular flexibility index (Phi) is 4.03. The molecule has 2 aliphatic rings. The van der Waals surface area contributed by atoms with E-state index in [-0.39, 0.29) is 11.8 Å². The summed E-state index contributed by atoms with van der Waals surface area (Å²) in [6.45, 7) is 0.693. The monoisotopic (exact) mass is 290 g/mol. The van der Waals surface area contributed by atoms with E-state index in [9.17, 15) is 4.79 Å². The first kappa shape index (κ1) is 14.0. The summed E-state index contributed by atoms with van der Waals surface area (Å²) in [6, 6.07) is 8.63. The maximum absolute atomic E-state index is 12.8. The number of thioether (sulfide) groups is 1. The Balaban J connectivity index is 1.76. The quantitative estimate of drug-likeness (QED) is 0.930. The number of benzene rings is 1. The molecule has 1 aromatic carbocycles. The molecule has 108 valence electrons. The molecule has 0 spiro atoms. The van der Waals surface area contributed by atoms with E-state index in [1.165, 1.54) is 16.9 Å². The van der Waals surface area contributed by atoms with Crippen molar-refractivity contribution in [3.63, 3.8) is 0 Å².